The van der Waals surface area contributed by atoms with Crippen LogP contribution in [0.15, 0.2) is 23.1 Å². The number of hydrogen-bond acceptors (Lipinski definition) is 3. The van der Waals surface area contributed by atoms with E-state index in [1.165, 1.54) is 0 Å². The van der Waals surface area contributed by atoms with Crippen molar-refractivity contribution in [3.8, 4) is 5.75 Å². The van der Waals surface area contributed by atoms with Crippen LogP contribution >= 0.6 is 23.4 Å². The molecule has 0 saturated heterocycles. The molecule has 0 aliphatic heterocycles. The summed E-state index contributed by atoms with van der Waals surface area (Å²) in [6.45, 7) is 1.93. The first kappa shape index (κ1) is 10.7. The maximum atomic E-state index is 5.93. The second-order valence-corrected chi connectivity index (χ2v) is 4.48. The van der Waals surface area contributed by atoms with Gasteiger partial charge in [-0.05, 0) is 25.1 Å². The Kier molecular flexibility index (Phi) is 3.90. The van der Waals surface area contributed by atoms with E-state index in [1.54, 1.807) is 18.9 Å². The Morgan fingerprint density at radius 1 is 1.54 bits per heavy atom. The van der Waals surface area contributed by atoms with E-state index in [-0.39, 0.29) is 5.37 Å². The van der Waals surface area contributed by atoms with Gasteiger partial charge in [-0.25, -0.2) is 0 Å². The molecule has 0 amide bonds. The lowest BCUT2D eigenvalue weighted by molar-refractivity contribution is 0.414. The molecule has 1 unspecified atom stereocenters. The highest BCUT2D eigenvalue weighted by atomic mass is 35.5. The van der Waals surface area contributed by atoms with Gasteiger partial charge in [0.2, 0.25) is 0 Å². The van der Waals surface area contributed by atoms with Gasteiger partial charge in [-0.15, -0.1) is 11.8 Å². The van der Waals surface area contributed by atoms with Crippen molar-refractivity contribution in [2.24, 2.45) is 5.73 Å². The van der Waals surface area contributed by atoms with E-state index in [0.29, 0.717) is 10.8 Å². The number of methoxy groups -OCH3 is 1. The molecule has 1 aromatic carbocycles. The molecule has 0 aliphatic rings. The number of hydrogen-bond donors (Lipinski definition) is 1. The lowest BCUT2D eigenvalue weighted by Crippen LogP contribution is -2.08. The summed E-state index contributed by atoms with van der Waals surface area (Å²) in [6, 6.07) is 5.64. The average molecular weight is 218 g/mol. The highest BCUT2D eigenvalue weighted by Crippen LogP contribution is 2.30. The third-order valence-corrected chi connectivity index (χ3v) is 2.64. The summed E-state index contributed by atoms with van der Waals surface area (Å²) in [5.74, 6) is 0.690. The molecular weight excluding hydrogens is 206 g/mol. The van der Waals surface area contributed by atoms with Crippen molar-refractivity contribution in [2.45, 2.75) is 17.2 Å². The zero-order chi connectivity index (χ0) is 9.84. The van der Waals surface area contributed by atoms with Crippen molar-refractivity contribution in [3.05, 3.63) is 23.2 Å². The molecule has 0 spiro atoms. The molecule has 0 heterocycles. The van der Waals surface area contributed by atoms with Crippen LogP contribution in [0.4, 0.5) is 0 Å². The summed E-state index contributed by atoms with van der Waals surface area (Å²) in [6.07, 6.45) is 0. The normalized spacial score (nSPS) is 12.6. The molecule has 0 fully saturated rings. The van der Waals surface area contributed by atoms with Crippen molar-refractivity contribution in [1.82, 2.24) is 0 Å². The van der Waals surface area contributed by atoms with Gasteiger partial charge in [-0.2, -0.15) is 0 Å². The minimum absolute atomic E-state index is 0.0736. The van der Waals surface area contributed by atoms with Crippen LogP contribution in [0, 0.1) is 0 Å². The fourth-order valence-electron chi connectivity index (χ4n) is 0.935. The van der Waals surface area contributed by atoms with Crippen LogP contribution in [0.25, 0.3) is 0 Å². The Balaban J connectivity index is 2.83. The Morgan fingerprint density at radius 3 is 2.69 bits per heavy atom. The molecule has 1 aromatic rings. The molecule has 0 radical (unpaired) electrons. The smallest absolute Gasteiger partial charge is 0.137 e. The maximum Gasteiger partial charge on any atom is 0.137 e. The minimum atomic E-state index is 0.0736. The van der Waals surface area contributed by atoms with Crippen LogP contribution < -0.4 is 10.5 Å². The van der Waals surface area contributed by atoms with Gasteiger partial charge in [0.1, 0.15) is 5.75 Å². The van der Waals surface area contributed by atoms with Crippen LogP contribution in [-0.2, 0) is 0 Å². The first-order valence-electron chi connectivity index (χ1n) is 3.89. The summed E-state index contributed by atoms with van der Waals surface area (Å²) in [5, 5.41) is 0.692. The van der Waals surface area contributed by atoms with Crippen LogP contribution in [0.1, 0.15) is 6.92 Å². The first-order valence-corrected chi connectivity index (χ1v) is 5.15. The van der Waals surface area contributed by atoms with Crippen LogP contribution in [0.2, 0.25) is 5.02 Å². The van der Waals surface area contributed by atoms with Gasteiger partial charge in [0, 0.05) is 4.90 Å². The third-order valence-electron chi connectivity index (χ3n) is 1.45. The Labute approximate surface area is 87.4 Å². The topological polar surface area (TPSA) is 35.2 Å². The van der Waals surface area contributed by atoms with Crippen molar-refractivity contribution < 1.29 is 4.74 Å². The SMILES string of the molecule is COc1ccc(SC(C)N)cc1Cl. The predicted octanol–water partition coefficient (Wildman–Crippen LogP) is 2.75. The van der Waals surface area contributed by atoms with Gasteiger partial charge in [0.25, 0.3) is 0 Å². The molecule has 4 heteroatoms. The molecule has 0 saturated carbocycles. The van der Waals surface area contributed by atoms with E-state index in [4.69, 9.17) is 22.1 Å². The van der Waals surface area contributed by atoms with E-state index >= 15 is 0 Å². The Bertz CT molecular complexity index is 291. The van der Waals surface area contributed by atoms with E-state index < -0.39 is 0 Å². The summed E-state index contributed by atoms with van der Waals surface area (Å²) in [7, 11) is 1.60. The lowest BCUT2D eigenvalue weighted by atomic mass is 10.3. The molecule has 1 atom stereocenters. The highest BCUT2D eigenvalue weighted by Gasteiger charge is 2.03. The second-order valence-electron chi connectivity index (χ2n) is 2.62. The standard InChI is InChI=1S/C9H12ClNOS/c1-6(11)13-7-3-4-9(12-2)8(10)5-7/h3-6H,11H2,1-2H3. The zero-order valence-electron chi connectivity index (χ0n) is 7.58. The van der Waals surface area contributed by atoms with Gasteiger partial charge < -0.3 is 10.5 Å². The molecule has 1 rings (SSSR count). The molecule has 13 heavy (non-hydrogen) atoms. The molecule has 0 aromatic heterocycles. The summed E-state index contributed by atoms with van der Waals surface area (Å²) in [5.41, 5.74) is 5.63. The molecule has 72 valence electrons. The average Bonchev–Trinajstić information content (AvgIpc) is 2.03. The fraction of sp³-hybridized carbons (Fsp3) is 0.333. The largest absolute Gasteiger partial charge is 0.495 e. The quantitative estimate of drug-likeness (QED) is 0.625. The first-order chi connectivity index (χ1) is 6.13. The van der Waals surface area contributed by atoms with Gasteiger partial charge >= 0.3 is 0 Å². The van der Waals surface area contributed by atoms with Gasteiger partial charge in [0.05, 0.1) is 17.5 Å². The number of halogens is 1. The monoisotopic (exact) mass is 217 g/mol. The van der Waals surface area contributed by atoms with Crippen LogP contribution in [0.5, 0.6) is 5.75 Å². The molecule has 2 nitrogen and oxygen atoms in total. The molecule has 2 N–H and O–H groups in total. The van der Waals surface area contributed by atoms with Gasteiger partial charge in [-0.3, -0.25) is 0 Å². The van der Waals surface area contributed by atoms with E-state index in [2.05, 4.69) is 0 Å². The van der Waals surface area contributed by atoms with E-state index in [1.807, 2.05) is 25.1 Å². The summed E-state index contributed by atoms with van der Waals surface area (Å²) < 4.78 is 5.03. The van der Waals surface area contributed by atoms with E-state index in [9.17, 15) is 0 Å². The second kappa shape index (κ2) is 4.74. The highest BCUT2D eigenvalue weighted by molar-refractivity contribution is 7.99. The molecular formula is C9H12ClNOS. The van der Waals surface area contributed by atoms with E-state index in [0.717, 1.165) is 4.90 Å². The van der Waals surface area contributed by atoms with Gasteiger partial charge in [-0.1, -0.05) is 11.6 Å². The summed E-state index contributed by atoms with van der Waals surface area (Å²) >= 11 is 7.50. The number of rotatable bonds is 3. The Morgan fingerprint density at radius 2 is 2.23 bits per heavy atom. The zero-order valence-corrected chi connectivity index (χ0v) is 9.15. The third kappa shape index (κ3) is 3.10. The van der Waals surface area contributed by atoms with Crippen molar-refractivity contribution >= 4 is 23.4 Å². The molecule has 0 aliphatic carbocycles. The van der Waals surface area contributed by atoms with Crippen LogP contribution in [-0.4, -0.2) is 12.5 Å². The molecule has 0 bridgehead atoms. The Hall–Kier alpha value is -0.380. The number of benzene rings is 1. The number of ether oxygens (including phenoxy) is 1. The van der Waals surface area contributed by atoms with Crippen LogP contribution in [0.3, 0.4) is 0 Å². The van der Waals surface area contributed by atoms with Crippen molar-refractivity contribution in [2.75, 3.05) is 7.11 Å². The predicted molar refractivity (Wildman–Crippen MR) is 57.5 cm³/mol. The van der Waals surface area contributed by atoms with Crippen molar-refractivity contribution in [1.29, 1.82) is 0 Å². The van der Waals surface area contributed by atoms with Crippen molar-refractivity contribution in [3.63, 3.8) is 0 Å². The lowest BCUT2D eigenvalue weighted by Gasteiger charge is -2.07. The summed E-state index contributed by atoms with van der Waals surface area (Å²) in [4.78, 5) is 1.06. The maximum absolute atomic E-state index is 5.93. The number of thioether (sulfide) groups is 1. The number of nitrogens with two attached hydrogens (primary N) is 1. The van der Waals surface area contributed by atoms with Gasteiger partial charge in [0.15, 0.2) is 0 Å². The fourth-order valence-corrected chi connectivity index (χ4v) is 2.02. The minimum Gasteiger partial charge on any atom is -0.495 e.